The number of amides is 2. The van der Waals surface area contributed by atoms with E-state index in [2.05, 4.69) is 31.4 Å². The minimum atomic E-state index is -3.12. The highest BCUT2D eigenvalue weighted by atomic mass is 32.2. The Balaban J connectivity index is 1.55. The molecule has 7 nitrogen and oxygen atoms in total. The van der Waals surface area contributed by atoms with Crippen LogP contribution in [0.2, 0.25) is 0 Å². The third-order valence-corrected chi connectivity index (χ3v) is 9.93. The van der Waals surface area contributed by atoms with Gasteiger partial charge in [0.15, 0.2) is 16.4 Å². The first-order chi connectivity index (χ1) is 16.4. The maximum atomic E-state index is 13.4. The molecule has 2 heterocycles. The molecule has 1 fully saturated rings. The zero-order valence-corrected chi connectivity index (χ0v) is 22.4. The molecule has 2 N–H and O–H groups in total. The van der Waals surface area contributed by atoms with E-state index < -0.39 is 15.9 Å². The molecule has 35 heavy (non-hydrogen) atoms. The Kier molecular flexibility index (Phi) is 7.29. The average Bonchev–Trinajstić information content (AvgIpc) is 3.30. The van der Waals surface area contributed by atoms with Gasteiger partial charge in [-0.15, -0.1) is 11.3 Å². The van der Waals surface area contributed by atoms with E-state index in [-0.39, 0.29) is 35.3 Å². The van der Waals surface area contributed by atoms with Crippen molar-refractivity contribution >= 4 is 38.0 Å². The second-order valence-corrected chi connectivity index (χ2v) is 14.0. The summed E-state index contributed by atoms with van der Waals surface area (Å²) in [6, 6.07) is 7.09. The van der Waals surface area contributed by atoms with Crippen molar-refractivity contribution < 1.29 is 22.7 Å². The quantitative estimate of drug-likeness (QED) is 0.599. The number of fused-ring (bicyclic) bond motifs is 1. The molecule has 1 aliphatic heterocycles. The van der Waals surface area contributed by atoms with Crippen LogP contribution in [-0.2, 0) is 27.5 Å². The highest BCUT2D eigenvalue weighted by molar-refractivity contribution is 7.91. The summed E-state index contributed by atoms with van der Waals surface area (Å²) in [5.74, 6) is 0.528. The number of carbonyl (C=O) groups excluding carboxylic acids is 2. The molecule has 0 bridgehead atoms. The third kappa shape index (κ3) is 6.06. The standard InChI is InChI=1S/C26H34N2O5S2/c1-16-7-5-6-8-20(16)33-14-22(29)28-25-23(24(30)27-18-11-12-35(31,32)15-18)19-10-9-17(26(2,3)4)13-21(19)34-25/h5-8,17-18H,9-15H2,1-4H3,(H,27,30)(H,28,29). The molecule has 0 spiro atoms. The first-order valence-corrected chi connectivity index (χ1v) is 14.7. The number of para-hydroxylation sites is 1. The molecule has 190 valence electrons. The van der Waals surface area contributed by atoms with E-state index in [1.807, 2.05) is 31.2 Å². The minimum Gasteiger partial charge on any atom is -0.483 e. The Hall–Kier alpha value is -2.39. The predicted octanol–water partition coefficient (Wildman–Crippen LogP) is 4.14. The van der Waals surface area contributed by atoms with Crippen molar-refractivity contribution in [1.82, 2.24) is 5.32 Å². The monoisotopic (exact) mass is 518 g/mol. The summed E-state index contributed by atoms with van der Waals surface area (Å²) >= 11 is 1.45. The van der Waals surface area contributed by atoms with Crippen molar-refractivity contribution in [3.05, 3.63) is 45.8 Å². The van der Waals surface area contributed by atoms with Crippen LogP contribution in [0.3, 0.4) is 0 Å². The number of nitrogens with one attached hydrogen (secondary N) is 2. The maximum Gasteiger partial charge on any atom is 0.262 e. The maximum absolute atomic E-state index is 13.4. The van der Waals surface area contributed by atoms with Gasteiger partial charge in [0.05, 0.1) is 17.1 Å². The van der Waals surface area contributed by atoms with E-state index in [1.54, 1.807) is 0 Å². The van der Waals surface area contributed by atoms with Gasteiger partial charge in [0.1, 0.15) is 10.8 Å². The number of ether oxygens (including phenoxy) is 1. The summed E-state index contributed by atoms with van der Waals surface area (Å²) < 4.78 is 29.4. The number of carbonyl (C=O) groups is 2. The number of aryl methyl sites for hydroxylation is 1. The van der Waals surface area contributed by atoms with Crippen LogP contribution in [0.15, 0.2) is 24.3 Å². The molecule has 2 atom stereocenters. The summed E-state index contributed by atoms with van der Waals surface area (Å²) in [4.78, 5) is 27.3. The van der Waals surface area contributed by atoms with Crippen LogP contribution in [0.4, 0.5) is 5.00 Å². The lowest BCUT2D eigenvalue weighted by Gasteiger charge is -2.33. The molecule has 1 aromatic carbocycles. The van der Waals surface area contributed by atoms with Crippen LogP contribution >= 0.6 is 11.3 Å². The second kappa shape index (κ2) is 9.93. The summed E-state index contributed by atoms with van der Waals surface area (Å²) in [5.41, 5.74) is 2.54. The van der Waals surface area contributed by atoms with Gasteiger partial charge in [0.25, 0.3) is 11.8 Å². The summed E-state index contributed by atoms with van der Waals surface area (Å²) in [7, 11) is -3.12. The number of rotatable bonds is 6. The second-order valence-electron chi connectivity index (χ2n) is 10.7. The number of hydrogen-bond donors (Lipinski definition) is 2. The smallest absolute Gasteiger partial charge is 0.262 e. The fourth-order valence-electron chi connectivity index (χ4n) is 4.84. The molecule has 1 saturated heterocycles. The van der Waals surface area contributed by atoms with Gasteiger partial charge in [-0.05, 0) is 61.1 Å². The van der Waals surface area contributed by atoms with Crippen LogP contribution in [-0.4, -0.2) is 44.4 Å². The van der Waals surface area contributed by atoms with Gasteiger partial charge in [-0.25, -0.2) is 8.42 Å². The van der Waals surface area contributed by atoms with Gasteiger partial charge in [0.2, 0.25) is 0 Å². The number of benzene rings is 1. The Morgan fingerprint density at radius 1 is 1.17 bits per heavy atom. The molecule has 0 saturated carbocycles. The summed E-state index contributed by atoms with van der Waals surface area (Å²) in [6.07, 6.45) is 3.00. The molecule has 2 aromatic rings. The van der Waals surface area contributed by atoms with Crippen molar-refractivity contribution in [2.45, 2.75) is 59.4 Å². The molecular weight excluding hydrogens is 484 g/mol. The zero-order chi connectivity index (χ0) is 25.4. The molecule has 2 unspecified atom stereocenters. The van der Waals surface area contributed by atoms with Crippen molar-refractivity contribution in [2.75, 3.05) is 23.4 Å². The molecule has 4 rings (SSSR count). The fourth-order valence-corrected chi connectivity index (χ4v) is 7.86. The van der Waals surface area contributed by atoms with Gasteiger partial charge in [-0.1, -0.05) is 39.0 Å². The molecule has 9 heteroatoms. The Morgan fingerprint density at radius 2 is 1.91 bits per heavy atom. The molecule has 1 aliphatic carbocycles. The van der Waals surface area contributed by atoms with Crippen molar-refractivity contribution in [3.63, 3.8) is 0 Å². The van der Waals surface area contributed by atoms with Crippen molar-refractivity contribution in [2.24, 2.45) is 11.3 Å². The first-order valence-electron chi connectivity index (χ1n) is 12.1. The van der Waals surface area contributed by atoms with Crippen molar-refractivity contribution in [1.29, 1.82) is 0 Å². The fraction of sp³-hybridized carbons (Fsp3) is 0.538. The van der Waals surface area contributed by atoms with Crippen LogP contribution < -0.4 is 15.4 Å². The van der Waals surface area contributed by atoms with Crippen LogP contribution in [0.5, 0.6) is 5.75 Å². The highest BCUT2D eigenvalue weighted by Gasteiger charge is 2.36. The average molecular weight is 519 g/mol. The highest BCUT2D eigenvalue weighted by Crippen LogP contribution is 2.44. The molecule has 2 aliphatic rings. The van der Waals surface area contributed by atoms with Gasteiger partial charge < -0.3 is 15.4 Å². The van der Waals surface area contributed by atoms with E-state index in [4.69, 9.17) is 4.74 Å². The molecule has 2 amide bonds. The number of thiophene rings is 1. The normalized spacial score (nSPS) is 21.3. The molecular formula is C26H34N2O5S2. The van der Waals surface area contributed by atoms with Gasteiger partial charge >= 0.3 is 0 Å². The minimum absolute atomic E-state index is 0.0386. The summed E-state index contributed by atoms with van der Waals surface area (Å²) in [6.45, 7) is 8.44. The van der Waals surface area contributed by atoms with E-state index in [0.29, 0.717) is 28.7 Å². The zero-order valence-electron chi connectivity index (χ0n) is 20.8. The van der Waals surface area contributed by atoms with E-state index >= 15 is 0 Å². The van der Waals surface area contributed by atoms with Gasteiger partial charge in [-0.3, -0.25) is 9.59 Å². The number of hydrogen-bond acceptors (Lipinski definition) is 6. The number of sulfone groups is 1. The first kappa shape index (κ1) is 25.7. The summed E-state index contributed by atoms with van der Waals surface area (Å²) in [5, 5.41) is 6.34. The Labute approximate surface area is 211 Å². The van der Waals surface area contributed by atoms with E-state index in [9.17, 15) is 18.0 Å². The van der Waals surface area contributed by atoms with Crippen LogP contribution in [0.1, 0.15) is 60.0 Å². The van der Waals surface area contributed by atoms with Crippen LogP contribution in [0.25, 0.3) is 0 Å². The van der Waals surface area contributed by atoms with Gasteiger partial charge in [0, 0.05) is 10.9 Å². The van der Waals surface area contributed by atoms with E-state index in [1.165, 1.54) is 11.3 Å². The predicted molar refractivity (Wildman–Crippen MR) is 139 cm³/mol. The Bertz CT molecular complexity index is 1230. The molecule has 1 aromatic heterocycles. The van der Waals surface area contributed by atoms with Crippen molar-refractivity contribution in [3.8, 4) is 5.75 Å². The SMILES string of the molecule is Cc1ccccc1OCC(=O)Nc1sc2c(c1C(=O)NC1CCS(=O)(=O)C1)CCC(C(C)(C)C)C2. The lowest BCUT2D eigenvalue weighted by molar-refractivity contribution is -0.118. The van der Waals surface area contributed by atoms with E-state index in [0.717, 1.165) is 35.3 Å². The third-order valence-electron chi connectivity index (χ3n) is 6.99. The number of anilines is 1. The van der Waals surface area contributed by atoms with Crippen LogP contribution in [0, 0.1) is 18.3 Å². The Morgan fingerprint density at radius 3 is 2.57 bits per heavy atom. The molecule has 0 radical (unpaired) electrons. The topological polar surface area (TPSA) is 102 Å². The lowest BCUT2D eigenvalue weighted by Crippen LogP contribution is -2.36. The van der Waals surface area contributed by atoms with Gasteiger partial charge in [-0.2, -0.15) is 0 Å². The lowest BCUT2D eigenvalue weighted by atomic mass is 9.72. The largest absolute Gasteiger partial charge is 0.483 e.